The van der Waals surface area contributed by atoms with Gasteiger partial charge in [-0.3, -0.25) is 0 Å². The van der Waals surface area contributed by atoms with Crippen LogP contribution in [0, 0.1) is 23.7 Å². The van der Waals surface area contributed by atoms with Crippen molar-refractivity contribution in [2.45, 2.75) is 44.6 Å². The van der Waals surface area contributed by atoms with Crippen molar-refractivity contribution in [3.05, 3.63) is 0 Å². The molecule has 1 N–H and O–H groups in total. The van der Waals surface area contributed by atoms with E-state index >= 15 is 0 Å². The lowest BCUT2D eigenvalue weighted by molar-refractivity contribution is -0.0198. The number of hydrogen-bond acceptors (Lipinski definition) is 1. The fourth-order valence-corrected chi connectivity index (χ4v) is 4.25. The standard InChI is InChI=1S/C11H18O/c1-11(12)9-5-7-2-3-10(11)8(4-7)6-9/h7-10,12H,2-6H2,1H3/t7-,8?,9+,10?,11+/m1/s1. The first kappa shape index (κ1) is 7.37. The summed E-state index contributed by atoms with van der Waals surface area (Å²) in [5, 5.41) is 10.4. The lowest BCUT2D eigenvalue weighted by Crippen LogP contribution is -2.35. The molecule has 0 amide bonds. The van der Waals surface area contributed by atoms with Crippen LogP contribution in [-0.2, 0) is 0 Å². The molecule has 0 spiro atoms. The molecule has 3 saturated carbocycles. The number of rotatable bonds is 0. The van der Waals surface area contributed by atoms with Crippen LogP contribution < -0.4 is 0 Å². The molecule has 0 aliphatic heterocycles. The zero-order valence-corrected chi connectivity index (χ0v) is 7.79. The minimum absolute atomic E-state index is 0.296. The Morgan fingerprint density at radius 3 is 2.83 bits per heavy atom. The quantitative estimate of drug-likeness (QED) is 0.585. The van der Waals surface area contributed by atoms with E-state index in [9.17, 15) is 5.11 Å². The summed E-state index contributed by atoms with van der Waals surface area (Å²) in [7, 11) is 0. The Morgan fingerprint density at radius 1 is 1.17 bits per heavy atom. The molecule has 3 bridgehead atoms. The van der Waals surface area contributed by atoms with E-state index in [-0.39, 0.29) is 5.60 Å². The molecule has 12 heavy (non-hydrogen) atoms. The molecule has 1 heteroatoms. The highest BCUT2D eigenvalue weighted by molar-refractivity contribution is 5.06. The predicted molar refractivity (Wildman–Crippen MR) is 47.7 cm³/mol. The van der Waals surface area contributed by atoms with Crippen molar-refractivity contribution < 1.29 is 5.11 Å². The highest BCUT2D eigenvalue weighted by Gasteiger charge is 2.56. The monoisotopic (exact) mass is 166 g/mol. The molecule has 3 fully saturated rings. The van der Waals surface area contributed by atoms with Crippen molar-refractivity contribution in [2.75, 3.05) is 0 Å². The van der Waals surface area contributed by atoms with Gasteiger partial charge in [-0.05, 0) is 56.3 Å². The fraction of sp³-hybridized carbons (Fsp3) is 1.00. The zero-order chi connectivity index (χ0) is 8.34. The molecule has 0 aromatic rings. The maximum Gasteiger partial charge on any atom is 0.0678 e. The molecule has 0 radical (unpaired) electrons. The SMILES string of the molecule is C[C@@]1(O)C2CC[C@@H]3CC2C[C@@H]1C3. The molecule has 0 saturated heterocycles. The third kappa shape index (κ3) is 0.736. The van der Waals surface area contributed by atoms with Crippen LogP contribution in [0.2, 0.25) is 0 Å². The second kappa shape index (κ2) is 2.06. The average molecular weight is 166 g/mol. The Kier molecular flexibility index (Phi) is 1.27. The molecule has 68 valence electrons. The second-order valence-corrected chi connectivity index (χ2v) is 5.44. The van der Waals surface area contributed by atoms with Gasteiger partial charge in [0.15, 0.2) is 0 Å². The van der Waals surface area contributed by atoms with Gasteiger partial charge < -0.3 is 5.11 Å². The van der Waals surface area contributed by atoms with E-state index in [2.05, 4.69) is 6.92 Å². The maximum atomic E-state index is 10.4. The summed E-state index contributed by atoms with van der Waals surface area (Å²) in [6.07, 6.45) is 6.78. The molecule has 2 unspecified atom stereocenters. The zero-order valence-electron chi connectivity index (χ0n) is 7.79. The van der Waals surface area contributed by atoms with Crippen LogP contribution in [0.5, 0.6) is 0 Å². The van der Waals surface area contributed by atoms with Crippen LogP contribution in [0.4, 0.5) is 0 Å². The summed E-state index contributed by atoms with van der Waals surface area (Å²) in [5.74, 6) is 3.16. The van der Waals surface area contributed by atoms with Gasteiger partial charge in [0.05, 0.1) is 5.60 Å². The summed E-state index contributed by atoms with van der Waals surface area (Å²) < 4.78 is 0. The molecular weight excluding hydrogens is 148 g/mol. The summed E-state index contributed by atoms with van der Waals surface area (Å²) in [6, 6.07) is 0. The van der Waals surface area contributed by atoms with Gasteiger partial charge in [0.2, 0.25) is 0 Å². The molecule has 0 heterocycles. The van der Waals surface area contributed by atoms with E-state index in [0.29, 0.717) is 11.8 Å². The van der Waals surface area contributed by atoms with Crippen molar-refractivity contribution in [3.63, 3.8) is 0 Å². The van der Waals surface area contributed by atoms with E-state index in [1.54, 1.807) is 0 Å². The summed E-state index contributed by atoms with van der Waals surface area (Å²) in [6.45, 7) is 2.09. The first-order chi connectivity index (χ1) is 5.68. The first-order valence-electron chi connectivity index (χ1n) is 5.40. The topological polar surface area (TPSA) is 20.2 Å². The smallest absolute Gasteiger partial charge is 0.0678 e. The van der Waals surface area contributed by atoms with Crippen LogP contribution in [-0.4, -0.2) is 10.7 Å². The molecule has 1 nitrogen and oxygen atoms in total. The van der Waals surface area contributed by atoms with Crippen molar-refractivity contribution in [3.8, 4) is 0 Å². The Bertz CT molecular complexity index is 209. The normalized spacial score (nSPS) is 62.5. The van der Waals surface area contributed by atoms with Gasteiger partial charge in [-0.25, -0.2) is 0 Å². The van der Waals surface area contributed by atoms with Gasteiger partial charge in [0, 0.05) is 0 Å². The summed E-state index contributed by atoms with van der Waals surface area (Å²) in [5.41, 5.74) is -0.296. The molecule has 5 atom stereocenters. The Balaban J connectivity index is 2.02. The summed E-state index contributed by atoms with van der Waals surface area (Å²) >= 11 is 0. The van der Waals surface area contributed by atoms with Gasteiger partial charge in [-0.1, -0.05) is 6.42 Å². The predicted octanol–water partition coefficient (Wildman–Crippen LogP) is 2.19. The largest absolute Gasteiger partial charge is 0.390 e. The molecule has 3 rings (SSSR count). The lowest BCUT2D eigenvalue weighted by atomic mass is 9.72. The van der Waals surface area contributed by atoms with Crippen LogP contribution in [0.3, 0.4) is 0 Å². The average Bonchev–Trinajstić information content (AvgIpc) is 2.11. The Labute approximate surface area is 74.2 Å². The van der Waals surface area contributed by atoms with Gasteiger partial charge in [0.25, 0.3) is 0 Å². The molecule has 0 aromatic carbocycles. The van der Waals surface area contributed by atoms with Crippen LogP contribution in [0.15, 0.2) is 0 Å². The highest BCUT2D eigenvalue weighted by Crippen LogP contribution is 2.59. The van der Waals surface area contributed by atoms with Gasteiger partial charge in [-0.15, -0.1) is 0 Å². The van der Waals surface area contributed by atoms with Crippen molar-refractivity contribution in [1.82, 2.24) is 0 Å². The van der Waals surface area contributed by atoms with E-state index < -0.39 is 0 Å². The molecule has 3 aliphatic rings. The third-order valence-electron chi connectivity index (χ3n) is 4.87. The maximum absolute atomic E-state index is 10.4. The van der Waals surface area contributed by atoms with Crippen molar-refractivity contribution >= 4 is 0 Å². The van der Waals surface area contributed by atoms with Gasteiger partial charge in [0.1, 0.15) is 0 Å². The van der Waals surface area contributed by atoms with Crippen molar-refractivity contribution in [2.24, 2.45) is 23.7 Å². The Morgan fingerprint density at radius 2 is 2.00 bits per heavy atom. The van der Waals surface area contributed by atoms with E-state index in [4.69, 9.17) is 0 Å². The molecule has 3 aliphatic carbocycles. The Hall–Kier alpha value is -0.0400. The van der Waals surface area contributed by atoms with Crippen molar-refractivity contribution in [1.29, 1.82) is 0 Å². The van der Waals surface area contributed by atoms with Gasteiger partial charge >= 0.3 is 0 Å². The minimum atomic E-state index is -0.296. The minimum Gasteiger partial charge on any atom is -0.390 e. The van der Waals surface area contributed by atoms with E-state index in [1.807, 2.05) is 0 Å². The van der Waals surface area contributed by atoms with E-state index in [1.165, 1.54) is 32.1 Å². The van der Waals surface area contributed by atoms with Crippen LogP contribution in [0.1, 0.15) is 39.0 Å². The number of fused-ring (bicyclic) bond motifs is 2. The third-order valence-corrected chi connectivity index (χ3v) is 4.87. The lowest BCUT2D eigenvalue weighted by Gasteiger charge is -2.33. The summed E-state index contributed by atoms with van der Waals surface area (Å²) in [4.78, 5) is 0. The van der Waals surface area contributed by atoms with Crippen LogP contribution >= 0.6 is 0 Å². The van der Waals surface area contributed by atoms with Crippen LogP contribution in [0.25, 0.3) is 0 Å². The second-order valence-electron chi connectivity index (χ2n) is 5.44. The van der Waals surface area contributed by atoms with Gasteiger partial charge in [-0.2, -0.15) is 0 Å². The molecule has 0 aromatic heterocycles. The highest BCUT2D eigenvalue weighted by atomic mass is 16.3. The first-order valence-corrected chi connectivity index (χ1v) is 5.40. The number of aliphatic hydroxyl groups is 1. The fourth-order valence-electron chi connectivity index (χ4n) is 4.25. The van der Waals surface area contributed by atoms with E-state index in [0.717, 1.165) is 11.8 Å². The number of hydrogen-bond donors (Lipinski definition) is 1. The molecular formula is C11H18O.